The van der Waals surface area contributed by atoms with Crippen molar-refractivity contribution in [2.24, 2.45) is 0 Å². The summed E-state index contributed by atoms with van der Waals surface area (Å²) in [7, 11) is 1.48. The number of ether oxygens (including phenoxy) is 1. The summed E-state index contributed by atoms with van der Waals surface area (Å²) in [6.07, 6.45) is 54.9. The van der Waals surface area contributed by atoms with Gasteiger partial charge < -0.3 is 19.9 Å². The number of nitrogens with zero attached hydrogens (tertiary/aromatic N) is 4. The van der Waals surface area contributed by atoms with Crippen LogP contribution in [0.3, 0.4) is 0 Å². The summed E-state index contributed by atoms with van der Waals surface area (Å²) in [5, 5.41) is 3.75. The van der Waals surface area contributed by atoms with Gasteiger partial charge in [0.2, 0.25) is 0 Å². The molecular formula is C59H121N5O2. The highest BCUT2D eigenvalue weighted by atomic mass is 16.5. The van der Waals surface area contributed by atoms with E-state index in [1.807, 2.05) is 0 Å². The second-order valence-corrected chi connectivity index (χ2v) is 21.2. The maximum atomic E-state index is 11.2. The Morgan fingerprint density at radius 3 is 1.03 bits per heavy atom. The second kappa shape index (κ2) is 52.1. The Hall–Kier alpha value is -0.730. The van der Waals surface area contributed by atoms with Crippen molar-refractivity contribution in [3.8, 4) is 0 Å². The molecule has 394 valence electrons. The van der Waals surface area contributed by atoms with Crippen LogP contribution in [0.2, 0.25) is 0 Å². The maximum absolute atomic E-state index is 11.2. The number of hydrogen-bond acceptors (Lipinski definition) is 7. The molecule has 0 radical (unpaired) electrons. The molecular weight excluding hydrogens is 811 g/mol. The normalized spacial score (nSPS) is 13.8. The van der Waals surface area contributed by atoms with E-state index in [-0.39, 0.29) is 5.97 Å². The van der Waals surface area contributed by atoms with Crippen molar-refractivity contribution in [1.82, 2.24) is 24.9 Å². The third kappa shape index (κ3) is 44.5. The summed E-state index contributed by atoms with van der Waals surface area (Å²) in [5.41, 5.74) is 0. The van der Waals surface area contributed by atoms with Crippen LogP contribution in [0.25, 0.3) is 0 Å². The molecule has 1 N–H and O–H groups in total. The molecule has 0 aromatic heterocycles. The fourth-order valence-electron chi connectivity index (χ4n) is 10.2. The number of methoxy groups -OCH3 is 1. The van der Waals surface area contributed by atoms with Crippen molar-refractivity contribution < 1.29 is 9.53 Å². The molecule has 0 amide bonds. The molecule has 0 aromatic rings. The van der Waals surface area contributed by atoms with E-state index in [4.69, 9.17) is 4.74 Å². The van der Waals surface area contributed by atoms with Crippen LogP contribution in [-0.4, -0.2) is 124 Å². The van der Waals surface area contributed by atoms with Crippen molar-refractivity contribution in [1.29, 1.82) is 0 Å². The zero-order valence-electron chi connectivity index (χ0n) is 45.8. The summed E-state index contributed by atoms with van der Waals surface area (Å²) in [6, 6.07) is 0. The lowest BCUT2D eigenvalue weighted by Crippen LogP contribution is -2.50. The fourth-order valence-corrected chi connectivity index (χ4v) is 10.2. The van der Waals surface area contributed by atoms with Crippen molar-refractivity contribution in [3.63, 3.8) is 0 Å². The van der Waals surface area contributed by atoms with E-state index >= 15 is 0 Å². The predicted octanol–water partition coefficient (Wildman–Crippen LogP) is 15.6. The van der Waals surface area contributed by atoms with E-state index in [9.17, 15) is 4.79 Å². The summed E-state index contributed by atoms with van der Waals surface area (Å²) in [5.74, 6) is -0.0655. The van der Waals surface area contributed by atoms with Crippen LogP contribution >= 0.6 is 0 Å². The van der Waals surface area contributed by atoms with Crippen LogP contribution in [0.15, 0.2) is 0 Å². The van der Waals surface area contributed by atoms with Crippen LogP contribution in [0.4, 0.5) is 0 Å². The number of unbranched alkanes of at least 4 members (excludes halogenated alkanes) is 35. The lowest BCUT2D eigenvalue weighted by atomic mass is 10.1. The molecule has 66 heavy (non-hydrogen) atoms. The highest BCUT2D eigenvalue weighted by Crippen LogP contribution is 2.16. The van der Waals surface area contributed by atoms with Gasteiger partial charge in [0, 0.05) is 71.9 Å². The number of carbonyl (C=O) groups excluding carboxylic acids is 1. The van der Waals surface area contributed by atoms with Gasteiger partial charge in [0.1, 0.15) is 0 Å². The first-order valence-corrected chi connectivity index (χ1v) is 30.3. The first kappa shape index (κ1) is 63.3. The molecule has 0 bridgehead atoms. The SMILES string of the molecule is CCCCCCCCCCCCN(CCCCCCCCCCCC)CCN(CCCCCCCCCCCC)CCN1CCN(CCNCCCCCCCCCCCC(=O)OC)CC1. The summed E-state index contributed by atoms with van der Waals surface area (Å²) >= 11 is 0. The summed E-state index contributed by atoms with van der Waals surface area (Å²) < 4.78 is 4.74. The monoisotopic (exact) mass is 932 g/mol. The van der Waals surface area contributed by atoms with Crippen LogP contribution in [0, 0.1) is 0 Å². The molecule has 0 saturated carbocycles. The van der Waals surface area contributed by atoms with Gasteiger partial charge in [-0.15, -0.1) is 0 Å². The number of hydrogen-bond donors (Lipinski definition) is 1. The van der Waals surface area contributed by atoms with Gasteiger partial charge >= 0.3 is 5.97 Å². The van der Waals surface area contributed by atoms with Crippen molar-refractivity contribution in [2.45, 2.75) is 278 Å². The van der Waals surface area contributed by atoms with Gasteiger partial charge in [0.25, 0.3) is 0 Å². The summed E-state index contributed by atoms with van der Waals surface area (Å²) in [6.45, 7) is 24.4. The number of rotatable bonds is 54. The molecule has 0 atom stereocenters. The molecule has 0 aromatic carbocycles. The Morgan fingerprint density at radius 2 is 0.667 bits per heavy atom. The largest absolute Gasteiger partial charge is 0.469 e. The highest BCUT2D eigenvalue weighted by molar-refractivity contribution is 5.68. The molecule has 7 heteroatoms. The lowest BCUT2D eigenvalue weighted by Gasteiger charge is -2.36. The van der Waals surface area contributed by atoms with Gasteiger partial charge in [-0.25, -0.2) is 0 Å². The Morgan fingerprint density at radius 1 is 0.364 bits per heavy atom. The Balaban J connectivity index is 2.47. The molecule has 0 aliphatic carbocycles. The highest BCUT2D eigenvalue weighted by Gasteiger charge is 2.18. The van der Waals surface area contributed by atoms with Gasteiger partial charge in [0.15, 0.2) is 0 Å². The molecule has 7 nitrogen and oxygen atoms in total. The first-order chi connectivity index (χ1) is 32.6. The third-order valence-corrected chi connectivity index (χ3v) is 15.0. The summed E-state index contributed by atoms with van der Waals surface area (Å²) in [4.78, 5) is 22.5. The van der Waals surface area contributed by atoms with Crippen LogP contribution < -0.4 is 5.32 Å². The van der Waals surface area contributed by atoms with Gasteiger partial charge in [-0.3, -0.25) is 14.6 Å². The van der Waals surface area contributed by atoms with E-state index in [0.29, 0.717) is 6.42 Å². The van der Waals surface area contributed by atoms with Crippen LogP contribution in [0.1, 0.15) is 278 Å². The topological polar surface area (TPSA) is 51.3 Å². The molecule has 1 aliphatic heterocycles. The quantitative estimate of drug-likeness (QED) is 0.0482. The van der Waals surface area contributed by atoms with Gasteiger partial charge in [-0.2, -0.15) is 0 Å². The predicted molar refractivity (Wildman–Crippen MR) is 292 cm³/mol. The molecule has 0 spiro atoms. The molecule has 1 heterocycles. The van der Waals surface area contributed by atoms with Crippen molar-refractivity contribution in [2.75, 3.05) is 98.7 Å². The first-order valence-electron chi connectivity index (χ1n) is 30.3. The number of esters is 1. The molecule has 1 saturated heterocycles. The minimum Gasteiger partial charge on any atom is -0.469 e. The minimum absolute atomic E-state index is 0.0655. The Labute approximate surface area is 415 Å². The lowest BCUT2D eigenvalue weighted by molar-refractivity contribution is -0.140. The average molecular weight is 933 g/mol. The van der Waals surface area contributed by atoms with Gasteiger partial charge in [0.05, 0.1) is 7.11 Å². The minimum atomic E-state index is -0.0655. The molecule has 1 aliphatic rings. The third-order valence-electron chi connectivity index (χ3n) is 15.0. The standard InChI is InChI=1S/C59H121N5O2/c1-5-8-11-14-17-20-26-31-36-41-47-61(48-42-37-32-27-21-18-15-12-9-6-2)51-52-62(49-43-38-33-28-22-19-16-13-10-7-3)53-56-64-57-54-63(55-58-64)50-46-60-45-40-35-30-25-23-24-29-34-39-44-59(65)66-4/h60H,5-58H2,1-4H3. The van der Waals surface area contributed by atoms with Crippen LogP contribution in [-0.2, 0) is 9.53 Å². The number of piperazine rings is 1. The van der Waals surface area contributed by atoms with E-state index in [1.165, 1.54) is 323 Å². The van der Waals surface area contributed by atoms with Gasteiger partial charge in [-0.05, 0) is 58.3 Å². The van der Waals surface area contributed by atoms with E-state index in [0.717, 1.165) is 25.9 Å². The molecule has 1 fully saturated rings. The molecule has 1 rings (SSSR count). The average Bonchev–Trinajstić information content (AvgIpc) is 3.33. The zero-order chi connectivity index (χ0) is 47.5. The molecule has 0 unspecified atom stereocenters. The Kier molecular flexibility index (Phi) is 50.0. The van der Waals surface area contributed by atoms with Crippen LogP contribution in [0.5, 0.6) is 0 Å². The fraction of sp³-hybridized carbons (Fsp3) is 0.983. The maximum Gasteiger partial charge on any atom is 0.305 e. The zero-order valence-corrected chi connectivity index (χ0v) is 45.8. The number of nitrogens with one attached hydrogen (secondary N) is 1. The number of carbonyl (C=O) groups is 1. The Bertz CT molecular complexity index is 921. The van der Waals surface area contributed by atoms with Crippen molar-refractivity contribution >= 4 is 5.97 Å². The van der Waals surface area contributed by atoms with E-state index in [2.05, 4.69) is 45.7 Å². The second-order valence-electron chi connectivity index (χ2n) is 21.2. The van der Waals surface area contributed by atoms with E-state index < -0.39 is 0 Å². The van der Waals surface area contributed by atoms with Crippen molar-refractivity contribution in [3.05, 3.63) is 0 Å². The smallest absolute Gasteiger partial charge is 0.305 e. The van der Waals surface area contributed by atoms with E-state index in [1.54, 1.807) is 0 Å². The van der Waals surface area contributed by atoms with Gasteiger partial charge in [-0.1, -0.05) is 239 Å².